The number of aliphatic hydroxyl groups excluding tert-OH is 1. The molecule has 0 aromatic rings. The maximum absolute atomic E-state index is 13.2. The Hall–Kier alpha value is -1.94. The maximum Gasteiger partial charge on any atom is 0.472 e. The topological polar surface area (TPSA) is 237 Å². The van der Waals surface area contributed by atoms with Crippen molar-refractivity contribution in [1.82, 2.24) is 0 Å². The molecule has 0 aromatic carbocycles. The molecular formula is C96H188O17P2. The minimum atomic E-state index is -4.97. The summed E-state index contributed by atoms with van der Waals surface area (Å²) in [4.78, 5) is 73.6. The number of hydrogen-bond acceptors (Lipinski definition) is 15. The van der Waals surface area contributed by atoms with Gasteiger partial charge in [-0.25, -0.2) is 9.13 Å². The van der Waals surface area contributed by atoms with E-state index in [4.69, 9.17) is 37.0 Å². The van der Waals surface area contributed by atoms with E-state index in [0.717, 1.165) is 102 Å². The first-order chi connectivity index (χ1) is 55.9. The monoisotopic (exact) mass is 1680 g/mol. The number of ether oxygens (including phenoxy) is 4. The molecule has 0 aliphatic carbocycles. The molecule has 19 heteroatoms. The third-order valence-electron chi connectivity index (χ3n) is 22.7. The Balaban J connectivity index is 5.22. The second-order valence-corrected chi connectivity index (χ2v) is 38.3. The van der Waals surface area contributed by atoms with Crippen LogP contribution >= 0.6 is 15.6 Å². The first-order valence-electron chi connectivity index (χ1n) is 49.5. The SMILES string of the molecule is CCCCCCCCCCCCCCCCCCCCCCCCC(=O)O[C@H](COC(=O)CCCCCCCCCCCCCCCCCCCCC(C)C)COP(=O)(O)OC[C@@H](O)COP(=O)(O)OC[C@@H](COC(=O)CCCCCCCCCCCCC)OC(=O)CCCCCCCCCCCCCCCCCCCCC(C)C. The molecule has 0 heterocycles. The standard InChI is InChI=1S/C96H188O17P2/c1-7-9-11-13-15-17-19-20-21-22-23-24-25-26-34-39-44-50-56-62-68-74-81-96(101)113-92(85-107-94(99)79-73-67-61-55-49-43-38-33-29-27-31-36-41-47-52-58-64-70-76-88(3)4)87-111-115(104,105)109-83-90(97)82-108-114(102,103)110-86-91(84-106-93(98)78-72-66-60-54-46-18-16-14-12-10-8-2)112-95(100)80-75-69-63-57-51-45-40-35-30-28-32-37-42-48-53-59-65-71-77-89(5)6/h88-92,97H,7-87H2,1-6H3,(H,102,103)(H,104,105)/t90-,91+,92+/m0/s1. The number of carbonyl (C=O) groups is 4. The average molecular weight is 1680 g/mol. The molecule has 0 fully saturated rings. The van der Waals surface area contributed by atoms with E-state index in [2.05, 4.69) is 41.5 Å². The summed E-state index contributed by atoms with van der Waals surface area (Å²) in [5.41, 5.74) is 0. The first-order valence-corrected chi connectivity index (χ1v) is 52.5. The van der Waals surface area contributed by atoms with Crippen LogP contribution in [0, 0.1) is 11.8 Å². The highest BCUT2D eigenvalue weighted by atomic mass is 31.2. The van der Waals surface area contributed by atoms with Crippen molar-refractivity contribution in [2.75, 3.05) is 39.6 Å². The van der Waals surface area contributed by atoms with Gasteiger partial charge in [0.05, 0.1) is 26.4 Å². The summed E-state index contributed by atoms with van der Waals surface area (Å²) < 4.78 is 69.2. The Morgan fingerprint density at radius 2 is 0.400 bits per heavy atom. The summed E-state index contributed by atoms with van der Waals surface area (Å²) in [7, 11) is -9.94. The van der Waals surface area contributed by atoms with Gasteiger partial charge in [0.1, 0.15) is 19.3 Å². The number of hydrogen-bond donors (Lipinski definition) is 3. The third kappa shape index (κ3) is 89.6. The molecule has 0 spiro atoms. The second kappa shape index (κ2) is 87.0. The van der Waals surface area contributed by atoms with Gasteiger partial charge in [0.2, 0.25) is 0 Å². The zero-order valence-electron chi connectivity index (χ0n) is 76.1. The van der Waals surface area contributed by atoms with Crippen LogP contribution in [-0.4, -0.2) is 96.7 Å². The summed E-state index contributed by atoms with van der Waals surface area (Å²) in [6, 6.07) is 0. The molecule has 115 heavy (non-hydrogen) atoms. The molecule has 17 nitrogen and oxygen atoms in total. The van der Waals surface area contributed by atoms with Crippen LogP contribution in [0.25, 0.3) is 0 Å². The van der Waals surface area contributed by atoms with Crippen molar-refractivity contribution >= 4 is 39.5 Å². The largest absolute Gasteiger partial charge is 0.472 e. The van der Waals surface area contributed by atoms with Gasteiger partial charge in [-0.3, -0.25) is 37.3 Å². The minimum absolute atomic E-state index is 0.109. The van der Waals surface area contributed by atoms with E-state index in [9.17, 15) is 43.2 Å². The summed E-state index contributed by atoms with van der Waals surface area (Å²) in [5, 5.41) is 10.7. The molecule has 0 saturated carbocycles. The van der Waals surface area contributed by atoms with Gasteiger partial charge in [0.25, 0.3) is 0 Å². The van der Waals surface area contributed by atoms with Gasteiger partial charge >= 0.3 is 39.5 Å². The van der Waals surface area contributed by atoms with Crippen molar-refractivity contribution in [2.45, 2.75) is 541 Å². The maximum atomic E-state index is 13.2. The number of phosphoric ester groups is 2. The molecule has 684 valence electrons. The third-order valence-corrected chi connectivity index (χ3v) is 24.6. The fourth-order valence-corrected chi connectivity index (χ4v) is 16.8. The quantitative estimate of drug-likeness (QED) is 0.0222. The molecule has 2 unspecified atom stereocenters. The predicted molar refractivity (Wildman–Crippen MR) is 478 cm³/mol. The van der Waals surface area contributed by atoms with Crippen LogP contribution in [0.15, 0.2) is 0 Å². The Bertz CT molecular complexity index is 2190. The zero-order chi connectivity index (χ0) is 84.1. The first kappa shape index (κ1) is 113. The van der Waals surface area contributed by atoms with Crippen molar-refractivity contribution < 1.29 is 80.2 Å². The number of rotatable bonds is 95. The van der Waals surface area contributed by atoms with Crippen LogP contribution in [0.2, 0.25) is 0 Å². The molecule has 3 N–H and O–H groups in total. The van der Waals surface area contributed by atoms with Gasteiger partial charge in [-0.1, -0.05) is 472 Å². The van der Waals surface area contributed by atoms with E-state index in [0.29, 0.717) is 25.7 Å². The van der Waals surface area contributed by atoms with Crippen LogP contribution in [0.5, 0.6) is 0 Å². The Kier molecular flexibility index (Phi) is 85.5. The number of unbranched alkanes of at least 4 members (excludes halogenated alkanes) is 65. The number of phosphoric acid groups is 2. The van der Waals surface area contributed by atoms with Crippen LogP contribution in [-0.2, 0) is 65.4 Å². The number of aliphatic hydroxyl groups is 1. The molecule has 0 bridgehead atoms. The number of carbonyl (C=O) groups excluding carboxylic acids is 4. The van der Waals surface area contributed by atoms with Crippen LogP contribution in [0.1, 0.15) is 523 Å². The van der Waals surface area contributed by atoms with Crippen LogP contribution in [0.3, 0.4) is 0 Å². The summed E-state index contributed by atoms with van der Waals surface area (Å²) >= 11 is 0. The molecular weight excluding hydrogens is 1490 g/mol. The van der Waals surface area contributed by atoms with E-state index in [1.807, 2.05) is 0 Å². The van der Waals surface area contributed by atoms with Gasteiger partial charge in [0, 0.05) is 25.7 Å². The summed E-state index contributed by atoms with van der Waals surface area (Å²) in [6.45, 7) is 9.80. The fourth-order valence-electron chi connectivity index (χ4n) is 15.2. The summed E-state index contributed by atoms with van der Waals surface area (Å²) in [5.74, 6) is -0.446. The van der Waals surface area contributed by atoms with E-state index < -0.39 is 97.5 Å². The lowest BCUT2D eigenvalue weighted by Crippen LogP contribution is -2.30. The van der Waals surface area contributed by atoms with Crippen LogP contribution in [0.4, 0.5) is 0 Å². The van der Waals surface area contributed by atoms with Gasteiger partial charge in [-0.2, -0.15) is 0 Å². The molecule has 0 radical (unpaired) electrons. The van der Waals surface area contributed by atoms with E-state index in [1.54, 1.807) is 0 Å². The zero-order valence-corrected chi connectivity index (χ0v) is 77.9. The number of esters is 4. The molecule has 0 aliphatic rings. The Morgan fingerprint density at radius 3 is 0.591 bits per heavy atom. The lowest BCUT2D eigenvalue weighted by molar-refractivity contribution is -0.161. The van der Waals surface area contributed by atoms with Crippen molar-refractivity contribution in [2.24, 2.45) is 11.8 Å². The highest BCUT2D eigenvalue weighted by molar-refractivity contribution is 7.47. The molecule has 0 rings (SSSR count). The smallest absolute Gasteiger partial charge is 0.462 e. The molecule has 0 aliphatic heterocycles. The van der Waals surface area contributed by atoms with Crippen LogP contribution < -0.4 is 0 Å². The van der Waals surface area contributed by atoms with Gasteiger partial charge in [-0.15, -0.1) is 0 Å². The fraction of sp³-hybridized carbons (Fsp3) is 0.958. The van der Waals surface area contributed by atoms with Gasteiger partial charge in [-0.05, 0) is 37.5 Å². The molecule has 0 amide bonds. The van der Waals surface area contributed by atoms with Crippen molar-refractivity contribution in [1.29, 1.82) is 0 Å². The lowest BCUT2D eigenvalue weighted by atomic mass is 10.0. The van der Waals surface area contributed by atoms with E-state index >= 15 is 0 Å². The highest BCUT2D eigenvalue weighted by Crippen LogP contribution is 2.45. The van der Waals surface area contributed by atoms with E-state index in [-0.39, 0.29) is 25.7 Å². The highest BCUT2D eigenvalue weighted by Gasteiger charge is 2.31. The average Bonchev–Trinajstić information content (AvgIpc) is 0.895. The molecule has 0 aromatic heterocycles. The van der Waals surface area contributed by atoms with Gasteiger partial charge in [0.15, 0.2) is 12.2 Å². The van der Waals surface area contributed by atoms with Gasteiger partial charge < -0.3 is 33.8 Å². The van der Waals surface area contributed by atoms with Crippen molar-refractivity contribution in [3.05, 3.63) is 0 Å². The predicted octanol–water partition coefficient (Wildman–Crippen LogP) is 30.1. The minimum Gasteiger partial charge on any atom is -0.462 e. The second-order valence-electron chi connectivity index (χ2n) is 35.4. The summed E-state index contributed by atoms with van der Waals surface area (Å²) in [6.07, 6.45) is 83.6. The lowest BCUT2D eigenvalue weighted by Gasteiger charge is -2.21. The Labute approximate surface area is 708 Å². The Morgan fingerprint density at radius 1 is 0.235 bits per heavy atom. The molecule has 0 saturated heterocycles. The van der Waals surface area contributed by atoms with Crippen molar-refractivity contribution in [3.8, 4) is 0 Å². The van der Waals surface area contributed by atoms with Crippen molar-refractivity contribution in [3.63, 3.8) is 0 Å². The van der Waals surface area contributed by atoms with E-state index in [1.165, 1.54) is 340 Å². The molecule has 5 atom stereocenters. The normalized spacial score (nSPS) is 13.7.